The van der Waals surface area contributed by atoms with Gasteiger partial charge in [-0.15, -0.1) is 0 Å². The summed E-state index contributed by atoms with van der Waals surface area (Å²) in [5.74, 6) is 0.899. The minimum Gasteiger partial charge on any atom is -0.497 e. The van der Waals surface area contributed by atoms with Gasteiger partial charge in [0.25, 0.3) is 0 Å². The number of methoxy groups -OCH3 is 1. The molecular weight excluding hydrogens is 138 g/mol. The van der Waals surface area contributed by atoms with Gasteiger partial charge in [-0.05, 0) is 18.2 Å². The van der Waals surface area contributed by atoms with E-state index in [9.17, 15) is 0 Å². The summed E-state index contributed by atoms with van der Waals surface area (Å²) >= 11 is 0. The lowest BCUT2D eigenvalue weighted by atomic mass is 10.4. The molecule has 2 rings (SSSR count). The highest BCUT2D eigenvalue weighted by Crippen LogP contribution is 2.13. The standard InChI is InChI=1S/C9H9NO/c1-11-9-4-6-10-5-2-3-8(10)7-9/h2-7H,1H3. The number of ether oxygens (including phenoxy) is 1. The van der Waals surface area contributed by atoms with Crippen LogP contribution >= 0.6 is 0 Å². The molecular formula is C9H9NO. The fourth-order valence-electron chi connectivity index (χ4n) is 1.14. The first-order chi connectivity index (χ1) is 5.40. The van der Waals surface area contributed by atoms with Gasteiger partial charge in [0.2, 0.25) is 0 Å². The third-order valence-corrected chi connectivity index (χ3v) is 1.74. The summed E-state index contributed by atoms with van der Waals surface area (Å²) in [5, 5.41) is 0. The number of aromatic nitrogens is 1. The van der Waals surface area contributed by atoms with Crippen LogP contribution in [0.3, 0.4) is 0 Å². The van der Waals surface area contributed by atoms with E-state index in [1.54, 1.807) is 7.11 Å². The van der Waals surface area contributed by atoms with Gasteiger partial charge in [-0.2, -0.15) is 0 Å². The summed E-state index contributed by atoms with van der Waals surface area (Å²) in [5.41, 5.74) is 1.16. The van der Waals surface area contributed by atoms with Crippen LogP contribution in [0.4, 0.5) is 0 Å². The van der Waals surface area contributed by atoms with Crippen LogP contribution in [0.5, 0.6) is 5.75 Å². The molecule has 0 spiro atoms. The Balaban J connectivity index is 2.67. The lowest BCUT2D eigenvalue weighted by Crippen LogP contribution is -1.84. The van der Waals surface area contributed by atoms with Gasteiger partial charge in [0.15, 0.2) is 0 Å². The second-order valence-corrected chi connectivity index (χ2v) is 2.41. The predicted octanol–water partition coefficient (Wildman–Crippen LogP) is 1.95. The van der Waals surface area contributed by atoms with Gasteiger partial charge in [-0.3, -0.25) is 0 Å². The molecule has 0 atom stereocenters. The van der Waals surface area contributed by atoms with E-state index >= 15 is 0 Å². The molecule has 0 aliphatic rings. The number of rotatable bonds is 1. The summed E-state index contributed by atoms with van der Waals surface area (Å²) in [6.07, 6.45) is 3.99. The molecule has 0 N–H and O–H groups in total. The minimum atomic E-state index is 0.899. The Morgan fingerprint density at radius 3 is 3.00 bits per heavy atom. The average molecular weight is 147 g/mol. The highest BCUT2D eigenvalue weighted by molar-refractivity contribution is 5.51. The van der Waals surface area contributed by atoms with E-state index in [0.717, 1.165) is 11.3 Å². The Bertz CT molecular complexity index is 364. The van der Waals surface area contributed by atoms with Crippen molar-refractivity contribution in [3.8, 4) is 5.75 Å². The van der Waals surface area contributed by atoms with Crippen molar-refractivity contribution < 1.29 is 4.74 Å². The van der Waals surface area contributed by atoms with Crippen LogP contribution in [0.2, 0.25) is 0 Å². The van der Waals surface area contributed by atoms with Gasteiger partial charge in [0.1, 0.15) is 5.75 Å². The van der Waals surface area contributed by atoms with Gasteiger partial charge in [-0.1, -0.05) is 0 Å². The third kappa shape index (κ3) is 0.963. The Kier molecular flexibility index (Phi) is 1.32. The Labute approximate surface area is 65.0 Å². The minimum absolute atomic E-state index is 0.899. The molecule has 0 aliphatic heterocycles. The van der Waals surface area contributed by atoms with E-state index in [0.29, 0.717) is 0 Å². The van der Waals surface area contributed by atoms with Crippen LogP contribution in [0, 0.1) is 0 Å². The molecule has 0 saturated carbocycles. The van der Waals surface area contributed by atoms with E-state index in [4.69, 9.17) is 4.74 Å². The first kappa shape index (κ1) is 6.28. The number of hydrogen-bond donors (Lipinski definition) is 0. The first-order valence-electron chi connectivity index (χ1n) is 3.51. The van der Waals surface area contributed by atoms with Gasteiger partial charge < -0.3 is 9.14 Å². The molecule has 0 bridgehead atoms. The molecule has 56 valence electrons. The van der Waals surface area contributed by atoms with Crippen molar-refractivity contribution in [3.05, 3.63) is 36.7 Å². The van der Waals surface area contributed by atoms with Gasteiger partial charge in [0.05, 0.1) is 7.11 Å². The Morgan fingerprint density at radius 1 is 1.27 bits per heavy atom. The maximum Gasteiger partial charge on any atom is 0.122 e. The number of nitrogens with zero attached hydrogens (tertiary/aromatic N) is 1. The number of fused-ring (bicyclic) bond motifs is 1. The van der Waals surface area contributed by atoms with E-state index in [1.165, 1.54) is 0 Å². The van der Waals surface area contributed by atoms with Crippen molar-refractivity contribution in [1.29, 1.82) is 0 Å². The van der Waals surface area contributed by atoms with E-state index in [2.05, 4.69) is 0 Å². The summed E-state index contributed by atoms with van der Waals surface area (Å²) in [4.78, 5) is 0. The maximum absolute atomic E-state index is 5.08. The van der Waals surface area contributed by atoms with Crippen LogP contribution in [0.1, 0.15) is 0 Å². The zero-order valence-corrected chi connectivity index (χ0v) is 6.32. The SMILES string of the molecule is COc1ccn2cccc2c1. The molecule has 0 unspecified atom stereocenters. The van der Waals surface area contributed by atoms with Crippen molar-refractivity contribution in [3.63, 3.8) is 0 Å². The largest absolute Gasteiger partial charge is 0.497 e. The van der Waals surface area contributed by atoms with Gasteiger partial charge >= 0.3 is 0 Å². The molecule has 2 aromatic rings. The third-order valence-electron chi connectivity index (χ3n) is 1.74. The molecule has 2 heterocycles. The zero-order chi connectivity index (χ0) is 7.68. The lowest BCUT2D eigenvalue weighted by molar-refractivity contribution is 0.414. The number of hydrogen-bond acceptors (Lipinski definition) is 1. The molecule has 0 saturated heterocycles. The smallest absolute Gasteiger partial charge is 0.122 e. The molecule has 2 aromatic heterocycles. The van der Waals surface area contributed by atoms with Crippen molar-refractivity contribution in [2.75, 3.05) is 7.11 Å². The summed E-state index contributed by atoms with van der Waals surface area (Å²) in [6, 6.07) is 7.99. The van der Waals surface area contributed by atoms with E-state index in [-0.39, 0.29) is 0 Å². The van der Waals surface area contributed by atoms with E-state index < -0.39 is 0 Å². The Hall–Kier alpha value is -1.44. The monoisotopic (exact) mass is 147 g/mol. The molecule has 2 heteroatoms. The first-order valence-corrected chi connectivity index (χ1v) is 3.51. The van der Waals surface area contributed by atoms with Crippen molar-refractivity contribution >= 4 is 5.52 Å². The van der Waals surface area contributed by atoms with Crippen molar-refractivity contribution in [1.82, 2.24) is 4.40 Å². The molecule has 0 fully saturated rings. The van der Waals surface area contributed by atoms with Crippen LogP contribution in [0.25, 0.3) is 5.52 Å². The molecule has 2 nitrogen and oxygen atoms in total. The molecule has 0 aliphatic carbocycles. The van der Waals surface area contributed by atoms with Crippen LogP contribution < -0.4 is 4.74 Å². The summed E-state index contributed by atoms with van der Waals surface area (Å²) in [6.45, 7) is 0. The molecule has 0 radical (unpaired) electrons. The highest BCUT2D eigenvalue weighted by atomic mass is 16.5. The predicted molar refractivity (Wildman–Crippen MR) is 43.9 cm³/mol. The zero-order valence-electron chi connectivity index (χ0n) is 6.32. The summed E-state index contributed by atoms with van der Waals surface area (Å²) in [7, 11) is 1.68. The number of pyridine rings is 1. The van der Waals surface area contributed by atoms with E-state index in [1.807, 2.05) is 41.1 Å². The van der Waals surface area contributed by atoms with Crippen molar-refractivity contribution in [2.24, 2.45) is 0 Å². The fraction of sp³-hybridized carbons (Fsp3) is 0.111. The fourth-order valence-corrected chi connectivity index (χ4v) is 1.14. The molecule has 0 amide bonds. The Morgan fingerprint density at radius 2 is 2.18 bits per heavy atom. The normalized spacial score (nSPS) is 10.3. The van der Waals surface area contributed by atoms with Gasteiger partial charge in [-0.25, -0.2) is 0 Å². The quantitative estimate of drug-likeness (QED) is 0.601. The average Bonchev–Trinajstić information content (AvgIpc) is 2.50. The van der Waals surface area contributed by atoms with Crippen LogP contribution in [-0.4, -0.2) is 11.5 Å². The highest BCUT2D eigenvalue weighted by Gasteiger charge is 1.92. The molecule has 0 aromatic carbocycles. The summed E-state index contributed by atoms with van der Waals surface area (Å²) < 4.78 is 7.12. The lowest BCUT2D eigenvalue weighted by Gasteiger charge is -1.99. The van der Waals surface area contributed by atoms with Gasteiger partial charge in [0, 0.05) is 24.0 Å². The van der Waals surface area contributed by atoms with Crippen LogP contribution in [0.15, 0.2) is 36.7 Å². The molecule has 11 heavy (non-hydrogen) atoms. The second kappa shape index (κ2) is 2.31. The van der Waals surface area contributed by atoms with Crippen LogP contribution in [-0.2, 0) is 0 Å². The maximum atomic E-state index is 5.08. The second-order valence-electron chi connectivity index (χ2n) is 2.41. The van der Waals surface area contributed by atoms with Crippen molar-refractivity contribution in [2.45, 2.75) is 0 Å². The topological polar surface area (TPSA) is 13.6 Å².